The summed E-state index contributed by atoms with van der Waals surface area (Å²) in [4.78, 5) is 24.6. The first-order valence-corrected chi connectivity index (χ1v) is 7.99. The van der Waals surface area contributed by atoms with Crippen LogP contribution in [0.1, 0.15) is 11.1 Å². The molecule has 26 heavy (non-hydrogen) atoms. The summed E-state index contributed by atoms with van der Waals surface area (Å²) in [7, 11) is 5.39. The molecule has 8 heteroatoms. The molecule has 0 saturated carbocycles. The van der Waals surface area contributed by atoms with Gasteiger partial charge < -0.3 is 20.3 Å². The van der Waals surface area contributed by atoms with Gasteiger partial charge in [0.2, 0.25) is 0 Å². The molecule has 0 fully saturated rings. The van der Waals surface area contributed by atoms with Crippen LogP contribution < -0.4 is 15.4 Å². The van der Waals surface area contributed by atoms with Gasteiger partial charge in [-0.3, -0.25) is 10.1 Å². The molecule has 0 aliphatic heterocycles. The van der Waals surface area contributed by atoms with Crippen LogP contribution in [0.3, 0.4) is 0 Å². The predicted molar refractivity (Wildman–Crippen MR) is 99.3 cm³/mol. The van der Waals surface area contributed by atoms with Crippen LogP contribution in [0.4, 0.5) is 16.2 Å². The highest BCUT2D eigenvalue weighted by Crippen LogP contribution is 2.28. The molecule has 0 atom stereocenters. The van der Waals surface area contributed by atoms with Crippen molar-refractivity contribution in [2.24, 2.45) is 0 Å². The minimum absolute atomic E-state index is 0.127. The summed E-state index contributed by atoms with van der Waals surface area (Å²) in [6, 6.07) is 11.4. The lowest BCUT2D eigenvalue weighted by Crippen LogP contribution is -2.29. The van der Waals surface area contributed by atoms with Crippen molar-refractivity contribution < 1.29 is 14.5 Å². The molecular formula is C18H22N4O4. The van der Waals surface area contributed by atoms with E-state index in [1.165, 1.54) is 25.3 Å². The van der Waals surface area contributed by atoms with E-state index in [-0.39, 0.29) is 11.4 Å². The first kappa shape index (κ1) is 19.2. The molecular weight excluding hydrogens is 336 g/mol. The van der Waals surface area contributed by atoms with E-state index in [1.54, 1.807) is 0 Å². The van der Waals surface area contributed by atoms with Gasteiger partial charge >= 0.3 is 6.03 Å². The molecule has 0 saturated heterocycles. The van der Waals surface area contributed by atoms with Gasteiger partial charge in [-0.05, 0) is 31.3 Å². The van der Waals surface area contributed by atoms with Crippen LogP contribution in [0, 0.1) is 10.1 Å². The average Bonchev–Trinajstić information content (AvgIpc) is 2.60. The third-order valence-corrected chi connectivity index (χ3v) is 3.69. The highest BCUT2D eigenvalue weighted by molar-refractivity contribution is 5.91. The third-order valence-electron chi connectivity index (χ3n) is 3.69. The number of hydrogen-bond donors (Lipinski definition) is 2. The monoisotopic (exact) mass is 358 g/mol. The third kappa shape index (κ3) is 5.18. The minimum Gasteiger partial charge on any atom is -0.495 e. The van der Waals surface area contributed by atoms with Gasteiger partial charge in [0.15, 0.2) is 0 Å². The number of methoxy groups -OCH3 is 1. The van der Waals surface area contributed by atoms with E-state index in [0.717, 1.165) is 17.7 Å². The molecule has 0 spiro atoms. The maximum atomic E-state index is 12.2. The average molecular weight is 358 g/mol. The van der Waals surface area contributed by atoms with Crippen molar-refractivity contribution in [3.05, 3.63) is 63.7 Å². The molecule has 8 nitrogen and oxygen atoms in total. The number of non-ortho nitro benzene ring substituents is 1. The van der Waals surface area contributed by atoms with E-state index < -0.39 is 11.0 Å². The molecule has 0 aliphatic carbocycles. The van der Waals surface area contributed by atoms with Gasteiger partial charge in [-0.15, -0.1) is 0 Å². The molecule has 0 aliphatic rings. The maximum Gasteiger partial charge on any atom is 0.319 e. The summed E-state index contributed by atoms with van der Waals surface area (Å²) < 4.78 is 5.14. The van der Waals surface area contributed by atoms with Crippen molar-refractivity contribution in [1.29, 1.82) is 0 Å². The van der Waals surface area contributed by atoms with Crippen LogP contribution in [0.2, 0.25) is 0 Å². The number of benzene rings is 2. The Labute approximate surface area is 151 Å². The number of nitrogens with one attached hydrogen (secondary N) is 2. The Hall–Kier alpha value is -3.13. The fourth-order valence-electron chi connectivity index (χ4n) is 2.47. The molecule has 2 aromatic rings. The van der Waals surface area contributed by atoms with Crippen LogP contribution in [0.5, 0.6) is 5.75 Å². The lowest BCUT2D eigenvalue weighted by Gasteiger charge is -2.15. The van der Waals surface area contributed by atoms with Gasteiger partial charge in [-0.25, -0.2) is 4.79 Å². The number of amides is 2. The molecule has 0 aromatic heterocycles. The highest BCUT2D eigenvalue weighted by atomic mass is 16.6. The molecule has 2 amide bonds. The van der Waals surface area contributed by atoms with Crippen molar-refractivity contribution >= 4 is 17.4 Å². The quantitative estimate of drug-likeness (QED) is 0.586. The second-order valence-corrected chi connectivity index (χ2v) is 5.96. The number of ether oxygens (including phenoxy) is 1. The Morgan fingerprint density at radius 2 is 1.88 bits per heavy atom. The second kappa shape index (κ2) is 8.82. The smallest absolute Gasteiger partial charge is 0.319 e. The Morgan fingerprint density at radius 3 is 2.50 bits per heavy atom. The minimum atomic E-state index is -0.528. The van der Waals surface area contributed by atoms with Gasteiger partial charge in [0.05, 0.1) is 17.7 Å². The van der Waals surface area contributed by atoms with Gasteiger partial charge in [0.25, 0.3) is 5.69 Å². The summed E-state index contributed by atoms with van der Waals surface area (Å²) in [6.07, 6.45) is 0. The first-order chi connectivity index (χ1) is 12.4. The fraction of sp³-hybridized carbons (Fsp3) is 0.278. The Balaban J connectivity index is 2.06. The summed E-state index contributed by atoms with van der Waals surface area (Å²) >= 11 is 0. The fourth-order valence-corrected chi connectivity index (χ4v) is 2.47. The van der Waals surface area contributed by atoms with Crippen LogP contribution >= 0.6 is 0 Å². The molecule has 0 bridgehead atoms. The molecule has 2 N–H and O–H groups in total. The zero-order valence-electron chi connectivity index (χ0n) is 15.0. The normalized spacial score (nSPS) is 10.5. The summed E-state index contributed by atoms with van der Waals surface area (Å²) in [5, 5.41) is 16.3. The van der Waals surface area contributed by atoms with Crippen molar-refractivity contribution in [2.45, 2.75) is 13.1 Å². The summed E-state index contributed by atoms with van der Waals surface area (Å²) in [6.45, 7) is 1.10. The number of nitro benzene ring substituents is 1. The van der Waals surface area contributed by atoms with E-state index in [0.29, 0.717) is 12.3 Å². The van der Waals surface area contributed by atoms with E-state index in [4.69, 9.17) is 4.74 Å². The van der Waals surface area contributed by atoms with Crippen LogP contribution in [-0.4, -0.2) is 37.1 Å². The van der Waals surface area contributed by atoms with Crippen molar-refractivity contribution in [1.82, 2.24) is 10.2 Å². The number of rotatable bonds is 7. The molecule has 138 valence electrons. The lowest BCUT2D eigenvalue weighted by molar-refractivity contribution is -0.384. The van der Waals surface area contributed by atoms with E-state index in [1.807, 2.05) is 43.3 Å². The maximum absolute atomic E-state index is 12.2. The molecule has 0 radical (unpaired) electrons. The van der Waals surface area contributed by atoms with Gasteiger partial charge in [0.1, 0.15) is 5.75 Å². The van der Waals surface area contributed by atoms with Gasteiger partial charge in [-0.1, -0.05) is 24.3 Å². The number of urea groups is 1. The number of hydrogen-bond acceptors (Lipinski definition) is 5. The Kier molecular flexibility index (Phi) is 6.51. The largest absolute Gasteiger partial charge is 0.495 e. The number of carbonyl (C=O) groups excluding carboxylic acids is 1. The number of nitrogens with zero attached hydrogens (tertiary/aromatic N) is 2. The standard InChI is InChI=1S/C18H22N4O4/c1-21(2)12-14-7-5-4-6-13(14)11-19-18(23)20-16-10-15(22(24)25)8-9-17(16)26-3/h4-10H,11-12H2,1-3H3,(H2,19,20,23). The second-order valence-electron chi connectivity index (χ2n) is 5.96. The Bertz CT molecular complexity index is 793. The van der Waals surface area contributed by atoms with Crippen molar-refractivity contribution in [3.63, 3.8) is 0 Å². The molecule has 0 unspecified atom stereocenters. The number of anilines is 1. The van der Waals surface area contributed by atoms with Crippen molar-refractivity contribution in [2.75, 3.05) is 26.5 Å². The van der Waals surface area contributed by atoms with E-state index >= 15 is 0 Å². The SMILES string of the molecule is COc1ccc([N+](=O)[O-])cc1NC(=O)NCc1ccccc1CN(C)C. The zero-order valence-corrected chi connectivity index (χ0v) is 15.0. The molecule has 0 heterocycles. The predicted octanol–water partition coefficient (Wildman–Crippen LogP) is 2.99. The summed E-state index contributed by atoms with van der Waals surface area (Å²) in [5.74, 6) is 0.346. The Morgan fingerprint density at radius 1 is 1.19 bits per heavy atom. The number of nitro groups is 1. The number of carbonyl (C=O) groups is 1. The van der Waals surface area contributed by atoms with Crippen LogP contribution in [-0.2, 0) is 13.1 Å². The van der Waals surface area contributed by atoms with E-state index in [2.05, 4.69) is 10.6 Å². The summed E-state index contributed by atoms with van der Waals surface area (Å²) in [5.41, 5.74) is 2.23. The van der Waals surface area contributed by atoms with Crippen LogP contribution in [0.25, 0.3) is 0 Å². The van der Waals surface area contributed by atoms with Crippen molar-refractivity contribution in [3.8, 4) is 5.75 Å². The lowest BCUT2D eigenvalue weighted by atomic mass is 10.1. The zero-order chi connectivity index (χ0) is 19.1. The van der Waals surface area contributed by atoms with Gasteiger partial charge in [0, 0.05) is 25.2 Å². The van der Waals surface area contributed by atoms with Crippen LogP contribution in [0.15, 0.2) is 42.5 Å². The molecule has 2 aromatic carbocycles. The molecule has 2 rings (SSSR count). The topological polar surface area (TPSA) is 96.7 Å². The first-order valence-electron chi connectivity index (χ1n) is 7.99. The van der Waals surface area contributed by atoms with Gasteiger partial charge in [-0.2, -0.15) is 0 Å². The highest BCUT2D eigenvalue weighted by Gasteiger charge is 2.14. The van der Waals surface area contributed by atoms with E-state index in [9.17, 15) is 14.9 Å².